The summed E-state index contributed by atoms with van der Waals surface area (Å²) in [6, 6.07) is 14.0. The van der Waals surface area contributed by atoms with Crippen molar-refractivity contribution in [3.8, 4) is 11.1 Å². The van der Waals surface area contributed by atoms with E-state index in [4.69, 9.17) is 0 Å². The predicted octanol–water partition coefficient (Wildman–Crippen LogP) is 3.10. The first-order valence-corrected chi connectivity index (χ1v) is 12.1. The summed E-state index contributed by atoms with van der Waals surface area (Å²) in [6.45, 7) is 0. The molecule has 2 saturated carbocycles. The highest BCUT2D eigenvalue weighted by Gasteiger charge is 2.52. The van der Waals surface area contributed by atoms with Gasteiger partial charge in [-0.2, -0.15) is 0 Å². The number of benzene rings is 2. The number of rotatable bonds is 7. The molecule has 5 nitrogen and oxygen atoms in total. The molecule has 2 aliphatic heterocycles. The molecule has 2 saturated heterocycles. The molecule has 2 aromatic rings. The van der Waals surface area contributed by atoms with Crippen LogP contribution in [-0.4, -0.2) is 43.1 Å². The average molecular weight is 429 g/mol. The van der Waals surface area contributed by atoms with E-state index in [-0.39, 0.29) is 41.5 Å². The number of carbonyl (C=O) groups is 1. The van der Waals surface area contributed by atoms with E-state index >= 15 is 4.39 Å². The number of hydrogen-bond acceptors (Lipinski definition) is 3. The van der Waals surface area contributed by atoms with Gasteiger partial charge >= 0.3 is 0 Å². The van der Waals surface area contributed by atoms with E-state index in [1.165, 1.54) is 0 Å². The molecule has 2 bridgehead atoms. The monoisotopic (exact) mass is 428 g/mol. The van der Waals surface area contributed by atoms with Gasteiger partial charge in [-0.05, 0) is 49.1 Å². The number of amides is 1. The Morgan fingerprint density at radius 1 is 1.07 bits per heavy atom. The second-order valence-electron chi connectivity index (χ2n) is 8.74. The van der Waals surface area contributed by atoms with Crippen LogP contribution < -0.4 is 4.72 Å². The molecule has 30 heavy (non-hydrogen) atoms. The quantitative estimate of drug-likeness (QED) is 0.689. The molecule has 6 rings (SSSR count). The zero-order chi connectivity index (χ0) is 20.9. The second kappa shape index (κ2) is 7.46. The lowest BCUT2D eigenvalue weighted by molar-refractivity contribution is -0.135. The summed E-state index contributed by atoms with van der Waals surface area (Å²) in [5.74, 6) is -0.109. The third-order valence-electron chi connectivity index (χ3n) is 6.85. The number of piperidine rings is 2. The van der Waals surface area contributed by atoms with E-state index in [2.05, 4.69) is 4.72 Å². The van der Waals surface area contributed by atoms with Crippen LogP contribution in [0.2, 0.25) is 0 Å². The number of hydrogen-bond donors (Lipinski definition) is 1. The Kier molecular flexibility index (Phi) is 4.90. The molecule has 1 N–H and O–H groups in total. The Morgan fingerprint density at radius 2 is 1.80 bits per heavy atom. The summed E-state index contributed by atoms with van der Waals surface area (Å²) in [7, 11) is -3.40. The summed E-state index contributed by atoms with van der Waals surface area (Å²) in [5.41, 5.74) is 1.81. The van der Waals surface area contributed by atoms with Gasteiger partial charge < -0.3 is 4.90 Å². The van der Waals surface area contributed by atoms with E-state index in [0.29, 0.717) is 24.0 Å². The smallest absolute Gasteiger partial charge is 0.214 e. The largest absolute Gasteiger partial charge is 0.337 e. The van der Waals surface area contributed by atoms with Crippen LogP contribution in [0.3, 0.4) is 0 Å². The van der Waals surface area contributed by atoms with Crippen LogP contribution in [0.5, 0.6) is 0 Å². The van der Waals surface area contributed by atoms with Crippen LogP contribution in [-0.2, 0) is 21.2 Å². The van der Waals surface area contributed by atoms with Crippen LogP contribution in [0, 0.1) is 11.7 Å². The molecule has 0 spiro atoms. The summed E-state index contributed by atoms with van der Waals surface area (Å²) < 4.78 is 43.6. The number of fused-ring (bicyclic) bond motifs is 2. The Labute approximate surface area is 176 Å². The number of sulfonamides is 1. The fourth-order valence-corrected chi connectivity index (χ4v) is 6.65. The Bertz CT molecular complexity index is 1050. The van der Waals surface area contributed by atoms with Gasteiger partial charge in [-0.15, -0.1) is 0 Å². The van der Waals surface area contributed by atoms with Gasteiger partial charge in [0.05, 0.1) is 11.3 Å². The van der Waals surface area contributed by atoms with Crippen LogP contribution in [0.1, 0.15) is 31.2 Å². The first-order chi connectivity index (χ1) is 14.5. The van der Waals surface area contributed by atoms with Gasteiger partial charge in [-0.25, -0.2) is 17.5 Å². The summed E-state index contributed by atoms with van der Waals surface area (Å²) >= 11 is 0. The SMILES string of the molecule is O=CN1C2CC(C2)[C@H](NS(=O)(=O)C2CC2)[C@@H]1Cc1cccc(-c2ccccc2)c1F. The minimum Gasteiger partial charge on any atom is -0.337 e. The molecule has 2 aromatic carbocycles. The molecule has 4 aliphatic rings. The van der Waals surface area contributed by atoms with Crippen molar-refractivity contribution in [1.29, 1.82) is 0 Å². The van der Waals surface area contributed by atoms with Gasteiger partial charge in [0.2, 0.25) is 16.4 Å². The van der Waals surface area contributed by atoms with Crippen molar-refractivity contribution < 1.29 is 17.6 Å². The topological polar surface area (TPSA) is 66.5 Å². The normalized spacial score (nSPS) is 28.1. The maximum atomic E-state index is 15.4. The molecular formula is C23H25FN2O3S. The summed E-state index contributed by atoms with van der Waals surface area (Å²) in [4.78, 5) is 13.6. The van der Waals surface area contributed by atoms with Crippen LogP contribution in [0.4, 0.5) is 4.39 Å². The Morgan fingerprint density at radius 3 is 2.47 bits per heavy atom. The molecule has 7 heteroatoms. The highest BCUT2D eigenvalue weighted by molar-refractivity contribution is 7.90. The fourth-order valence-electron chi connectivity index (χ4n) is 4.98. The highest BCUT2D eigenvalue weighted by Crippen LogP contribution is 2.44. The molecule has 2 aliphatic carbocycles. The minimum absolute atomic E-state index is 0.125. The van der Waals surface area contributed by atoms with Gasteiger partial charge in [-0.3, -0.25) is 4.79 Å². The molecule has 0 unspecified atom stereocenters. The van der Waals surface area contributed by atoms with Gasteiger partial charge in [0, 0.05) is 17.6 Å². The van der Waals surface area contributed by atoms with E-state index in [1.807, 2.05) is 36.4 Å². The van der Waals surface area contributed by atoms with Crippen LogP contribution in [0.15, 0.2) is 48.5 Å². The third-order valence-corrected chi connectivity index (χ3v) is 8.80. The first-order valence-electron chi connectivity index (χ1n) is 10.5. The van der Waals surface area contributed by atoms with Crippen LogP contribution >= 0.6 is 0 Å². The summed E-state index contributed by atoms with van der Waals surface area (Å²) in [5, 5.41) is -0.321. The molecule has 4 fully saturated rings. The molecule has 2 atom stereocenters. The van der Waals surface area contributed by atoms with Crippen molar-refractivity contribution in [3.63, 3.8) is 0 Å². The van der Waals surface area contributed by atoms with Crippen molar-refractivity contribution in [3.05, 3.63) is 59.9 Å². The second-order valence-corrected chi connectivity index (χ2v) is 10.7. The van der Waals surface area contributed by atoms with Crippen molar-refractivity contribution in [2.75, 3.05) is 0 Å². The molecule has 1 amide bonds. The lowest BCUT2D eigenvalue weighted by Gasteiger charge is -2.56. The van der Waals surface area contributed by atoms with Crippen molar-refractivity contribution >= 4 is 16.4 Å². The maximum Gasteiger partial charge on any atom is 0.214 e. The van der Waals surface area contributed by atoms with Crippen molar-refractivity contribution in [1.82, 2.24) is 9.62 Å². The van der Waals surface area contributed by atoms with Gasteiger partial charge in [-0.1, -0.05) is 48.5 Å². The lowest BCUT2D eigenvalue weighted by Crippen LogP contribution is -2.69. The highest BCUT2D eigenvalue weighted by atomic mass is 32.2. The first kappa shape index (κ1) is 19.7. The molecular weight excluding hydrogens is 403 g/mol. The van der Waals surface area contributed by atoms with E-state index < -0.39 is 10.0 Å². The predicted molar refractivity (Wildman–Crippen MR) is 113 cm³/mol. The van der Waals surface area contributed by atoms with Crippen LogP contribution in [0.25, 0.3) is 11.1 Å². The molecule has 158 valence electrons. The zero-order valence-corrected chi connectivity index (χ0v) is 17.4. The average Bonchev–Trinajstić information content (AvgIpc) is 3.56. The Hall–Kier alpha value is -2.25. The molecule has 2 heterocycles. The Balaban J connectivity index is 1.46. The standard InChI is InChI=1S/C23H25FN2O3S/c24-22-16(7-4-8-20(22)15-5-2-1-3-6-15)13-21-23(25-30(28,29)19-9-10-19)17-11-18(12-17)26(21)14-27/h1-8,14,17-19,21,23,25H,9-13H2/t17?,18?,21-,23-/m0/s1. The van der Waals surface area contributed by atoms with Gasteiger partial charge in [0.25, 0.3) is 0 Å². The molecule has 0 aromatic heterocycles. The summed E-state index contributed by atoms with van der Waals surface area (Å²) in [6.07, 6.45) is 4.08. The number of nitrogens with one attached hydrogen (secondary N) is 1. The maximum absolute atomic E-state index is 15.4. The number of halogens is 1. The lowest BCUT2D eigenvalue weighted by atomic mass is 9.67. The fraction of sp³-hybridized carbons (Fsp3) is 0.435. The van der Waals surface area contributed by atoms with E-state index in [9.17, 15) is 13.2 Å². The van der Waals surface area contributed by atoms with E-state index in [1.54, 1.807) is 17.0 Å². The number of carbonyl (C=O) groups excluding carboxylic acids is 1. The van der Waals surface area contributed by atoms with Gasteiger partial charge in [0.15, 0.2) is 0 Å². The minimum atomic E-state index is -3.40. The van der Waals surface area contributed by atoms with E-state index in [0.717, 1.165) is 24.8 Å². The van der Waals surface area contributed by atoms with Crippen molar-refractivity contribution in [2.45, 2.75) is 55.5 Å². The third kappa shape index (κ3) is 3.44. The zero-order valence-electron chi connectivity index (χ0n) is 16.6. The van der Waals surface area contributed by atoms with Gasteiger partial charge in [0.1, 0.15) is 5.82 Å². The van der Waals surface area contributed by atoms with Crippen molar-refractivity contribution in [2.24, 2.45) is 5.92 Å². The number of nitrogens with zero attached hydrogens (tertiary/aromatic N) is 1. The molecule has 0 radical (unpaired) electrons.